The number of nitrogens with two attached hydrogens (primary N) is 1. The molecule has 5 rings (SSSR count). The van der Waals surface area contributed by atoms with Gasteiger partial charge in [0.05, 0.1) is 17.6 Å². The largest absolute Gasteiger partial charge is 0.454 e. The van der Waals surface area contributed by atoms with E-state index in [0.29, 0.717) is 24.5 Å². The lowest BCUT2D eigenvalue weighted by molar-refractivity contribution is 0.102. The summed E-state index contributed by atoms with van der Waals surface area (Å²) in [5, 5.41) is 2.92. The number of carbonyl (C=O) groups is 1. The summed E-state index contributed by atoms with van der Waals surface area (Å²) in [6.07, 6.45) is 4.45. The smallest absolute Gasteiger partial charge is 0.284 e. The van der Waals surface area contributed by atoms with Gasteiger partial charge in [-0.25, -0.2) is 14.6 Å². The molecular weight excluding hydrogens is 444 g/mol. The molecule has 1 aliphatic heterocycles. The van der Waals surface area contributed by atoms with Crippen LogP contribution in [0, 0.1) is 0 Å². The number of pyridine rings is 2. The van der Waals surface area contributed by atoms with Crippen molar-refractivity contribution in [1.82, 2.24) is 19.3 Å². The molecule has 0 aliphatic carbocycles. The van der Waals surface area contributed by atoms with Crippen LogP contribution in [0.5, 0.6) is 11.5 Å². The van der Waals surface area contributed by atoms with Crippen LogP contribution in [0.1, 0.15) is 22.5 Å². The van der Waals surface area contributed by atoms with E-state index in [4.69, 9.17) is 22.1 Å². The van der Waals surface area contributed by atoms with Crippen molar-refractivity contribution in [3.63, 3.8) is 0 Å². The highest BCUT2D eigenvalue weighted by Gasteiger charge is 2.28. The monoisotopic (exact) mass is 462 g/mol. The molecule has 166 valence electrons. The van der Waals surface area contributed by atoms with Gasteiger partial charge in [-0.2, -0.15) is 0 Å². The Hall–Kier alpha value is -4.11. The maximum absolute atomic E-state index is 13.2. The molecule has 0 fully saturated rings. The number of rotatable bonds is 5. The van der Waals surface area contributed by atoms with Crippen molar-refractivity contribution in [1.29, 1.82) is 0 Å². The van der Waals surface area contributed by atoms with Crippen molar-refractivity contribution in [2.75, 3.05) is 11.1 Å². The van der Waals surface area contributed by atoms with Crippen LogP contribution in [0.4, 0.5) is 11.6 Å². The average molecular weight is 463 g/mol. The van der Waals surface area contributed by atoms with E-state index in [2.05, 4.69) is 15.3 Å². The third-order valence-corrected chi connectivity index (χ3v) is 5.73. The zero-order chi connectivity index (χ0) is 22.9. The van der Waals surface area contributed by atoms with Crippen LogP contribution >= 0.6 is 11.6 Å². The number of fused-ring (bicyclic) bond motifs is 1. The lowest BCUT2D eigenvalue weighted by atomic mass is 10.2. The molecular formula is C23H19ClN6O3. The van der Waals surface area contributed by atoms with Crippen molar-refractivity contribution in [3.05, 3.63) is 87.6 Å². The summed E-state index contributed by atoms with van der Waals surface area (Å²) in [5.74, 6) is 0.695. The second-order valence-electron chi connectivity index (χ2n) is 7.44. The molecule has 1 aliphatic rings. The average Bonchev–Trinajstić information content (AvgIpc) is 3.38. The molecule has 0 bridgehead atoms. The number of para-hydroxylation sites is 1. The van der Waals surface area contributed by atoms with Crippen LogP contribution in [-0.4, -0.2) is 25.2 Å². The van der Waals surface area contributed by atoms with Gasteiger partial charge in [0, 0.05) is 18.8 Å². The fraction of sp³-hybridized carbons (Fsp3) is 0.130. The zero-order valence-corrected chi connectivity index (χ0v) is 18.1. The normalized spacial score (nSPS) is 12.4. The molecule has 33 heavy (non-hydrogen) atoms. The van der Waals surface area contributed by atoms with E-state index in [1.165, 1.54) is 12.4 Å². The van der Waals surface area contributed by atoms with Gasteiger partial charge in [-0.15, -0.1) is 0 Å². The first-order valence-corrected chi connectivity index (χ1v) is 10.7. The van der Waals surface area contributed by atoms with Gasteiger partial charge in [0.1, 0.15) is 28.0 Å². The molecule has 9 nitrogen and oxygen atoms in total. The van der Waals surface area contributed by atoms with E-state index in [9.17, 15) is 9.59 Å². The maximum atomic E-state index is 13.2. The van der Waals surface area contributed by atoms with E-state index >= 15 is 0 Å². The fourth-order valence-electron chi connectivity index (χ4n) is 3.87. The number of carbonyl (C=O) groups excluding carboxylic acids is 1. The molecule has 3 aromatic heterocycles. The van der Waals surface area contributed by atoms with Crippen molar-refractivity contribution in [2.45, 2.75) is 19.4 Å². The number of amides is 1. The molecule has 4 heterocycles. The number of anilines is 2. The number of ether oxygens (including phenoxy) is 1. The zero-order valence-electron chi connectivity index (χ0n) is 17.4. The van der Waals surface area contributed by atoms with Crippen molar-refractivity contribution < 1.29 is 9.53 Å². The lowest BCUT2D eigenvalue weighted by Crippen LogP contribution is -2.26. The molecule has 0 unspecified atom stereocenters. The van der Waals surface area contributed by atoms with Crippen molar-refractivity contribution in [2.24, 2.45) is 0 Å². The van der Waals surface area contributed by atoms with Crippen LogP contribution in [-0.2, 0) is 13.0 Å². The Morgan fingerprint density at radius 1 is 1.12 bits per heavy atom. The lowest BCUT2D eigenvalue weighted by Gasteiger charge is -2.09. The predicted octanol–water partition coefficient (Wildman–Crippen LogP) is 3.66. The first kappa shape index (κ1) is 20.8. The summed E-state index contributed by atoms with van der Waals surface area (Å²) < 4.78 is 9.12. The van der Waals surface area contributed by atoms with E-state index in [1.807, 2.05) is 35.0 Å². The Labute approximate surface area is 193 Å². The number of halogens is 1. The number of nitrogen functional groups attached to an aromatic ring is 1. The van der Waals surface area contributed by atoms with Crippen molar-refractivity contribution >= 4 is 29.1 Å². The predicted molar refractivity (Wildman–Crippen MR) is 124 cm³/mol. The van der Waals surface area contributed by atoms with Gasteiger partial charge in [0.15, 0.2) is 5.75 Å². The van der Waals surface area contributed by atoms with E-state index in [0.717, 1.165) is 17.8 Å². The third-order valence-electron chi connectivity index (χ3n) is 5.35. The fourth-order valence-corrected chi connectivity index (χ4v) is 4.02. The minimum Gasteiger partial charge on any atom is -0.454 e. The van der Waals surface area contributed by atoms with Gasteiger partial charge in [-0.3, -0.25) is 14.3 Å². The molecule has 0 saturated carbocycles. The second-order valence-corrected chi connectivity index (χ2v) is 7.82. The van der Waals surface area contributed by atoms with Crippen LogP contribution in [0.2, 0.25) is 5.02 Å². The minimum atomic E-state index is -0.494. The summed E-state index contributed by atoms with van der Waals surface area (Å²) >= 11 is 6.10. The standard InChI is InChI=1S/C23H19ClN6O3/c24-20-17(10-11-26-21(20)25)33-15-8-9-18(27-13-15)28-22(31)19-16-7-4-12-29(16)30(23(19)32)14-5-2-1-3-6-14/h1-3,5-6,8-11,13H,4,7,12H2,(H2,25,26)(H,27,28,31). The number of aromatic nitrogens is 4. The highest BCUT2D eigenvalue weighted by molar-refractivity contribution is 6.34. The van der Waals surface area contributed by atoms with E-state index in [-0.39, 0.29) is 27.8 Å². The Balaban J connectivity index is 1.38. The quantitative estimate of drug-likeness (QED) is 0.467. The van der Waals surface area contributed by atoms with Crippen LogP contribution in [0.25, 0.3) is 5.69 Å². The number of hydrogen-bond acceptors (Lipinski definition) is 6. The molecule has 4 aromatic rings. The molecule has 0 radical (unpaired) electrons. The van der Waals surface area contributed by atoms with Crippen molar-refractivity contribution in [3.8, 4) is 17.2 Å². The SMILES string of the molecule is Nc1nccc(Oc2ccc(NC(=O)c3c4n(n(-c5ccccc5)c3=O)CCC4)nc2)c1Cl. The molecule has 1 amide bonds. The highest BCUT2D eigenvalue weighted by Crippen LogP contribution is 2.32. The summed E-state index contributed by atoms with van der Waals surface area (Å²) in [7, 11) is 0. The van der Waals surface area contributed by atoms with Gasteiger partial charge >= 0.3 is 0 Å². The van der Waals surface area contributed by atoms with Gasteiger partial charge < -0.3 is 15.8 Å². The Morgan fingerprint density at radius 3 is 2.70 bits per heavy atom. The van der Waals surface area contributed by atoms with Gasteiger partial charge in [-0.1, -0.05) is 29.8 Å². The van der Waals surface area contributed by atoms with Crippen LogP contribution in [0.15, 0.2) is 65.7 Å². The van der Waals surface area contributed by atoms with Crippen LogP contribution in [0.3, 0.4) is 0 Å². The highest BCUT2D eigenvalue weighted by atomic mass is 35.5. The molecule has 10 heteroatoms. The maximum Gasteiger partial charge on any atom is 0.284 e. The molecule has 1 aromatic carbocycles. The summed E-state index contributed by atoms with van der Waals surface area (Å²) in [6.45, 7) is 0.680. The number of benzene rings is 1. The Morgan fingerprint density at radius 2 is 1.94 bits per heavy atom. The van der Waals surface area contributed by atoms with Crippen LogP contribution < -0.4 is 21.3 Å². The second kappa shape index (κ2) is 8.44. The first-order valence-electron chi connectivity index (χ1n) is 10.3. The number of nitrogens with zero attached hydrogens (tertiary/aromatic N) is 4. The summed E-state index contributed by atoms with van der Waals surface area (Å²) in [5.41, 5.74) is 6.92. The topological polar surface area (TPSA) is 117 Å². The van der Waals surface area contributed by atoms with Gasteiger partial charge in [-0.05, 0) is 37.1 Å². The number of nitrogens with one attached hydrogen (secondary N) is 1. The third kappa shape index (κ3) is 3.83. The number of hydrogen-bond donors (Lipinski definition) is 2. The Kier molecular flexibility index (Phi) is 5.31. The molecule has 0 saturated heterocycles. The molecule has 0 atom stereocenters. The summed E-state index contributed by atoms with van der Waals surface area (Å²) in [6, 6.07) is 14.1. The minimum absolute atomic E-state index is 0.137. The van der Waals surface area contributed by atoms with E-state index in [1.54, 1.807) is 22.9 Å². The van der Waals surface area contributed by atoms with Gasteiger partial charge in [0.2, 0.25) is 0 Å². The molecule has 3 N–H and O–H groups in total. The van der Waals surface area contributed by atoms with Gasteiger partial charge in [0.25, 0.3) is 11.5 Å². The summed E-state index contributed by atoms with van der Waals surface area (Å²) in [4.78, 5) is 34.3. The Bertz CT molecular complexity index is 1400. The van der Waals surface area contributed by atoms with E-state index < -0.39 is 5.91 Å². The molecule has 0 spiro atoms. The first-order chi connectivity index (χ1) is 16.0.